The monoisotopic (exact) mass is 390 g/mol. The van der Waals surface area contributed by atoms with E-state index in [1.165, 1.54) is 12.1 Å². The number of fused-ring (bicyclic) bond motifs is 1. The molecular weight excluding hydrogens is 369 g/mol. The standard InChI is InChI=1S/C17H21N2O3.Y/c1-10-11(2)16(20)19(12(10)3)18-9-13-7-5-6-8-14(13)15(18)17(21)22-4;/h3,9-11H,5-8H2,1-2,4H3;/q-1;/t10-,11-;/m1./s1. The van der Waals surface area contributed by atoms with Gasteiger partial charge in [-0.3, -0.25) is 9.80 Å². The van der Waals surface area contributed by atoms with Gasteiger partial charge >= 0.3 is 5.97 Å². The minimum Gasteiger partial charge on any atom is -0.490 e. The molecule has 121 valence electrons. The summed E-state index contributed by atoms with van der Waals surface area (Å²) in [5.41, 5.74) is 3.02. The van der Waals surface area contributed by atoms with Gasteiger partial charge in [-0.1, -0.05) is 13.8 Å². The van der Waals surface area contributed by atoms with Gasteiger partial charge in [-0.25, -0.2) is 9.47 Å². The van der Waals surface area contributed by atoms with Crippen molar-refractivity contribution in [1.82, 2.24) is 4.68 Å². The molecule has 2 heterocycles. The van der Waals surface area contributed by atoms with Crippen molar-refractivity contribution in [2.75, 3.05) is 12.1 Å². The number of carbonyl (C=O) groups is 2. The van der Waals surface area contributed by atoms with Gasteiger partial charge in [0.05, 0.1) is 7.11 Å². The maximum atomic E-state index is 12.6. The summed E-state index contributed by atoms with van der Waals surface area (Å²) in [6.07, 6.45) is 5.76. The predicted molar refractivity (Wildman–Crippen MR) is 81.8 cm³/mol. The summed E-state index contributed by atoms with van der Waals surface area (Å²) in [5.74, 6) is -0.735. The van der Waals surface area contributed by atoms with Crippen LogP contribution in [-0.4, -0.2) is 23.7 Å². The number of nitrogens with zero attached hydrogens (tertiary/aromatic N) is 2. The van der Waals surface area contributed by atoms with E-state index in [0.717, 1.165) is 36.8 Å². The summed E-state index contributed by atoms with van der Waals surface area (Å²) in [4.78, 5) is 24.8. The normalized spacial score (nSPS) is 23.5. The van der Waals surface area contributed by atoms with E-state index < -0.39 is 5.97 Å². The maximum Gasteiger partial charge on any atom is 0.356 e. The smallest absolute Gasteiger partial charge is 0.356 e. The van der Waals surface area contributed by atoms with Crippen LogP contribution in [0.4, 0.5) is 0 Å². The summed E-state index contributed by atoms with van der Waals surface area (Å²) in [6.45, 7) is 9.94. The molecule has 3 rings (SSSR count). The molecule has 1 fully saturated rings. The summed E-state index contributed by atoms with van der Waals surface area (Å²) in [6, 6.07) is 0. The minimum atomic E-state index is -0.420. The number of aryl methyl sites for hydroxylation is 1. The Hall–Kier alpha value is -0.936. The average Bonchev–Trinajstić information content (AvgIpc) is 2.98. The van der Waals surface area contributed by atoms with E-state index in [9.17, 15) is 9.59 Å². The molecule has 1 saturated heterocycles. The Morgan fingerprint density at radius 2 is 1.91 bits per heavy atom. The Labute approximate surface area is 161 Å². The fourth-order valence-electron chi connectivity index (χ4n) is 3.38. The number of amides is 1. The first-order chi connectivity index (χ1) is 10.5. The van der Waals surface area contributed by atoms with Crippen LogP contribution in [0.15, 0.2) is 11.9 Å². The van der Waals surface area contributed by atoms with Crippen LogP contribution >= 0.6 is 0 Å². The zero-order valence-corrected chi connectivity index (χ0v) is 16.7. The third-order valence-corrected chi connectivity index (χ3v) is 4.96. The van der Waals surface area contributed by atoms with Gasteiger partial charge in [0.25, 0.3) is 0 Å². The number of rotatable bonds is 2. The number of hydrogen-bond donors (Lipinski definition) is 0. The predicted octanol–water partition coefficient (Wildman–Crippen LogP) is 2.22. The number of allylic oxidation sites excluding steroid dienone is 1. The Morgan fingerprint density at radius 3 is 2.48 bits per heavy atom. The second-order valence-electron chi connectivity index (χ2n) is 6.18. The number of aromatic nitrogens is 1. The zero-order valence-electron chi connectivity index (χ0n) is 13.8. The van der Waals surface area contributed by atoms with Gasteiger partial charge in [-0.2, -0.15) is 0 Å². The van der Waals surface area contributed by atoms with E-state index in [4.69, 9.17) is 11.3 Å². The van der Waals surface area contributed by atoms with Crippen LogP contribution < -0.4 is 5.01 Å². The molecule has 1 aliphatic heterocycles. The van der Waals surface area contributed by atoms with Crippen molar-refractivity contribution >= 4 is 11.9 Å². The number of hydrogen-bond acceptors (Lipinski definition) is 3. The summed E-state index contributed by atoms with van der Waals surface area (Å²) < 4.78 is 6.55. The molecule has 2 aliphatic rings. The van der Waals surface area contributed by atoms with Gasteiger partial charge in [0.15, 0.2) is 5.69 Å². The van der Waals surface area contributed by atoms with Crippen LogP contribution in [-0.2, 0) is 55.1 Å². The van der Waals surface area contributed by atoms with Crippen molar-refractivity contribution in [3.8, 4) is 0 Å². The SMILES string of the molecule is [CH-]=C1[C@H](C)[C@@H](C)C(=O)N1n1cc2c(c1C(=O)OC)CCCC2.[Y]. The van der Waals surface area contributed by atoms with Crippen LogP contribution in [0.3, 0.4) is 0 Å². The van der Waals surface area contributed by atoms with Crippen LogP contribution in [0.2, 0.25) is 0 Å². The molecule has 0 N–H and O–H groups in total. The fraction of sp³-hybridized carbons (Fsp3) is 0.529. The van der Waals surface area contributed by atoms with Crippen LogP contribution in [0.5, 0.6) is 0 Å². The second-order valence-corrected chi connectivity index (χ2v) is 6.18. The molecular formula is C17H21N2O3Y-. The topological polar surface area (TPSA) is 51.5 Å². The van der Waals surface area contributed by atoms with Gasteiger partial charge < -0.3 is 11.3 Å². The summed E-state index contributed by atoms with van der Waals surface area (Å²) in [5, 5.41) is 1.44. The number of ether oxygens (including phenoxy) is 1. The molecule has 1 radical (unpaired) electrons. The third-order valence-electron chi connectivity index (χ3n) is 4.96. The molecule has 0 unspecified atom stereocenters. The summed E-state index contributed by atoms with van der Waals surface area (Å²) >= 11 is 0. The Balaban J connectivity index is 0.00000192. The minimum absolute atomic E-state index is 0. The molecule has 1 aliphatic carbocycles. The van der Waals surface area contributed by atoms with Gasteiger partial charge in [0, 0.05) is 44.8 Å². The molecule has 0 aromatic carbocycles. The largest absolute Gasteiger partial charge is 0.490 e. The first kappa shape index (κ1) is 18.4. The van der Waals surface area contributed by atoms with Crippen molar-refractivity contribution in [2.24, 2.45) is 11.8 Å². The fourth-order valence-corrected chi connectivity index (χ4v) is 3.38. The molecule has 1 aromatic heterocycles. The van der Waals surface area contributed by atoms with Gasteiger partial charge in [-0.15, -0.1) is 5.70 Å². The van der Waals surface area contributed by atoms with Crippen molar-refractivity contribution in [2.45, 2.75) is 39.5 Å². The quantitative estimate of drug-likeness (QED) is 0.575. The number of esters is 1. The Bertz CT molecular complexity index is 645. The molecule has 0 saturated carbocycles. The molecule has 5 nitrogen and oxygen atoms in total. The first-order valence-corrected chi connectivity index (χ1v) is 7.75. The molecule has 1 amide bonds. The van der Waals surface area contributed by atoms with E-state index in [1.807, 2.05) is 20.0 Å². The first-order valence-electron chi connectivity index (χ1n) is 7.75. The van der Waals surface area contributed by atoms with E-state index in [2.05, 4.69) is 0 Å². The van der Waals surface area contributed by atoms with Gasteiger partial charge in [0.2, 0.25) is 5.91 Å². The maximum absolute atomic E-state index is 12.6. The molecule has 0 spiro atoms. The van der Waals surface area contributed by atoms with Crippen molar-refractivity contribution in [3.05, 3.63) is 35.3 Å². The van der Waals surface area contributed by atoms with E-state index >= 15 is 0 Å². The molecule has 1 aromatic rings. The number of methoxy groups -OCH3 is 1. The van der Waals surface area contributed by atoms with E-state index in [-0.39, 0.29) is 50.5 Å². The Kier molecular flexibility index (Phi) is 5.52. The van der Waals surface area contributed by atoms with Crippen LogP contribution in [0.1, 0.15) is 48.3 Å². The van der Waals surface area contributed by atoms with Crippen molar-refractivity contribution < 1.29 is 47.0 Å². The second kappa shape index (κ2) is 6.90. The van der Waals surface area contributed by atoms with Crippen LogP contribution in [0, 0.1) is 18.4 Å². The Morgan fingerprint density at radius 1 is 1.26 bits per heavy atom. The third kappa shape index (κ3) is 2.82. The van der Waals surface area contributed by atoms with Crippen LogP contribution in [0.25, 0.3) is 0 Å². The van der Waals surface area contributed by atoms with Gasteiger partial charge in [0.1, 0.15) is 0 Å². The van der Waals surface area contributed by atoms with Crippen molar-refractivity contribution in [1.29, 1.82) is 0 Å². The van der Waals surface area contributed by atoms with E-state index in [0.29, 0.717) is 11.4 Å². The van der Waals surface area contributed by atoms with Gasteiger partial charge in [-0.05, 0) is 42.7 Å². The molecule has 0 bridgehead atoms. The molecule has 23 heavy (non-hydrogen) atoms. The number of carbonyl (C=O) groups excluding carboxylic acids is 2. The molecule has 6 heteroatoms. The van der Waals surface area contributed by atoms with E-state index in [1.54, 1.807) is 4.68 Å². The average molecular weight is 390 g/mol. The van der Waals surface area contributed by atoms with Crippen molar-refractivity contribution in [3.63, 3.8) is 0 Å². The molecule has 2 atom stereocenters. The summed E-state index contributed by atoms with van der Waals surface area (Å²) in [7, 11) is 1.36. The zero-order chi connectivity index (χ0) is 16.0.